The lowest BCUT2D eigenvalue weighted by Gasteiger charge is -2.20. The van der Waals surface area contributed by atoms with Gasteiger partial charge in [0.1, 0.15) is 0 Å². The van der Waals surface area contributed by atoms with Crippen LogP contribution >= 0.6 is 0 Å². The number of methoxy groups -OCH3 is 1. The Kier molecular flexibility index (Phi) is 6.99. The van der Waals surface area contributed by atoms with Gasteiger partial charge in [0.15, 0.2) is 0 Å². The third-order valence-electron chi connectivity index (χ3n) is 3.31. The van der Waals surface area contributed by atoms with E-state index in [1.807, 2.05) is 0 Å². The van der Waals surface area contributed by atoms with Crippen molar-refractivity contribution in [1.82, 2.24) is 4.90 Å². The van der Waals surface area contributed by atoms with Crippen LogP contribution in [0.1, 0.15) is 12.5 Å². The highest BCUT2D eigenvalue weighted by molar-refractivity contribution is 5.98. The molecule has 0 bridgehead atoms. The van der Waals surface area contributed by atoms with Crippen LogP contribution in [-0.2, 0) is 25.5 Å². The number of hydrogen-bond acceptors (Lipinski definition) is 4. The number of anilines is 1. The third-order valence-corrected chi connectivity index (χ3v) is 3.31. The van der Waals surface area contributed by atoms with Crippen molar-refractivity contribution < 1.29 is 19.1 Å². The van der Waals surface area contributed by atoms with Gasteiger partial charge in [0.2, 0.25) is 11.8 Å². The van der Waals surface area contributed by atoms with E-state index in [0.717, 1.165) is 5.56 Å². The quantitative estimate of drug-likeness (QED) is 0.612. The number of nitrogens with zero attached hydrogens (tertiary/aromatic N) is 1. The molecule has 0 aliphatic heterocycles. The van der Waals surface area contributed by atoms with Gasteiger partial charge < -0.3 is 15.0 Å². The molecule has 2 amide bonds. The Morgan fingerprint density at radius 3 is 2.70 bits per heavy atom. The van der Waals surface area contributed by atoms with Crippen LogP contribution in [0.2, 0.25) is 0 Å². The summed E-state index contributed by atoms with van der Waals surface area (Å²) in [6.45, 7) is 5.39. The van der Waals surface area contributed by atoms with Crippen LogP contribution < -0.4 is 5.32 Å². The molecule has 0 spiro atoms. The first-order chi connectivity index (χ1) is 10.9. The van der Waals surface area contributed by atoms with Crippen molar-refractivity contribution >= 4 is 23.5 Å². The lowest BCUT2D eigenvalue weighted by molar-refractivity contribution is -0.146. The highest BCUT2D eigenvalue weighted by Gasteiger charge is 2.18. The summed E-state index contributed by atoms with van der Waals surface area (Å²) in [4.78, 5) is 36.4. The summed E-state index contributed by atoms with van der Waals surface area (Å²) < 4.78 is 4.65. The maximum absolute atomic E-state index is 12.2. The molecule has 1 aromatic carbocycles. The van der Waals surface area contributed by atoms with E-state index in [9.17, 15) is 14.4 Å². The first-order valence-electron chi connectivity index (χ1n) is 7.21. The number of amides is 2. The second-order valence-corrected chi connectivity index (χ2v) is 5.27. The van der Waals surface area contributed by atoms with Gasteiger partial charge in [-0.1, -0.05) is 25.6 Å². The average molecular weight is 318 g/mol. The molecule has 1 aromatic rings. The average Bonchev–Trinajstić information content (AvgIpc) is 2.53. The molecule has 23 heavy (non-hydrogen) atoms. The maximum Gasteiger partial charge on any atom is 0.310 e. The standard InChI is InChI=1S/C17H22N2O4/c1-5-15(20)18-14-8-6-7-13(9-14)10-16(21)19(3)11-12(2)17(22)23-4/h5-9,12H,1,10-11H2,2-4H3,(H,18,20). The van der Waals surface area contributed by atoms with E-state index in [0.29, 0.717) is 12.2 Å². The molecule has 6 nitrogen and oxygen atoms in total. The minimum Gasteiger partial charge on any atom is -0.469 e. The molecular weight excluding hydrogens is 296 g/mol. The number of carbonyl (C=O) groups excluding carboxylic acids is 3. The highest BCUT2D eigenvalue weighted by atomic mass is 16.5. The molecule has 0 saturated carbocycles. The number of likely N-dealkylation sites (N-methyl/N-ethyl adjacent to an activating group) is 1. The maximum atomic E-state index is 12.2. The normalized spacial score (nSPS) is 11.3. The van der Waals surface area contributed by atoms with E-state index in [1.165, 1.54) is 18.1 Å². The molecule has 1 N–H and O–H groups in total. The molecule has 0 heterocycles. The Hall–Kier alpha value is -2.63. The number of ether oxygens (including phenoxy) is 1. The summed E-state index contributed by atoms with van der Waals surface area (Å²) in [5.41, 5.74) is 1.38. The minimum atomic E-state index is -0.382. The monoisotopic (exact) mass is 318 g/mol. The SMILES string of the molecule is C=CC(=O)Nc1cccc(CC(=O)N(C)CC(C)C(=O)OC)c1. The number of hydrogen-bond donors (Lipinski definition) is 1. The van der Waals surface area contributed by atoms with Crippen molar-refractivity contribution in [3.8, 4) is 0 Å². The molecule has 0 fully saturated rings. The Balaban J connectivity index is 2.66. The molecule has 1 rings (SSSR count). The molecule has 1 unspecified atom stereocenters. The molecule has 0 aromatic heterocycles. The van der Waals surface area contributed by atoms with Crippen LogP contribution in [0.3, 0.4) is 0 Å². The van der Waals surface area contributed by atoms with Crippen LogP contribution in [0.15, 0.2) is 36.9 Å². The summed E-state index contributed by atoms with van der Waals surface area (Å²) in [6, 6.07) is 7.03. The molecule has 0 radical (unpaired) electrons. The van der Waals surface area contributed by atoms with Gasteiger partial charge in [-0.05, 0) is 23.8 Å². The zero-order valence-corrected chi connectivity index (χ0v) is 13.7. The smallest absolute Gasteiger partial charge is 0.310 e. The number of rotatable bonds is 7. The summed E-state index contributed by atoms with van der Waals surface area (Å²) >= 11 is 0. The zero-order valence-electron chi connectivity index (χ0n) is 13.7. The minimum absolute atomic E-state index is 0.118. The fourth-order valence-electron chi connectivity index (χ4n) is 2.05. The van der Waals surface area contributed by atoms with Crippen LogP contribution in [0.25, 0.3) is 0 Å². The largest absolute Gasteiger partial charge is 0.469 e. The van der Waals surface area contributed by atoms with Crippen LogP contribution in [0, 0.1) is 5.92 Å². The van der Waals surface area contributed by atoms with Crippen molar-refractivity contribution in [3.05, 3.63) is 42.5 Å². The van der Waals surface area contributed by atoms with Gasteiger partial charge in [0.05, 0.1) is 19.4 Å². The van der Waals surface area contributed by atoms with Gasteiger partial charge in [0.25, 0.3) is 0 Å². The van der Waals surface area contributed by atoms with Gasteiger partial charge in [-0.2, -0.15) is 0 Å². The van der Waals surface area contributed by atoms with Crippen molar-refractivity contribution in [2.75, 3.05) is 26.0 Å². The second-order valence-electron chi connectivity index (χ2n) is 5.27. The van der Waals surface area contributed by atoms with Gasteiger partial charge in [-0.15, -0.1) is 0 Å². The van der Waals surface area contributed by atoms with Gasteiger partial charge in [-0.25, -0.2) is 0 Å². The summed E-state index contributed by atoms with van der Waals surface area (Å²) in [5, 5.41) is 2.65. The van der Waals surface area contributed by atoms with E-state index in [4.69, 9.17) is 0 Å². The lowest BCUT2D eigenvalue weighted by Crippen LogP contribution is -2.35. The number of nitrogens with one attached hydrogen (secondary N) is 1. The van der Waals surface area contributed by atoms with E-state index in [2.05, 4.69) is 16.6 Å². The third kappa shape index (κ3) is 5.94. The molecule has 0 aliphatic carbocycles. The molecule has 6 heteroatoms. The van der Waals surface area contributed by atoms with Crippen molar-refractivity contribution in [2.24, 2.45) is 5.92 Å². The van der Waals surface area contributed by atoms with Crippen LogP contribution in [0.5, 0.6) is 0 Å². The molecule has 0 aliphatic rings. The van der Waals surface area contributed by atoms with E-state index >= 15 is 0 Å². The highest BCUT2D eigenvalue weighted by Crippen LogP contribution is 2.12. The second kappa shape index (κ2) is 8.73. The summed E-state index contributed by atoms with van der Waals surface area (Å²) in [7, 11) is 2.97. The molecule has 0 saturated heterocycles. The lowest BCUT2D eigenvalue weighted by atomic mass is 10.1. The molecule has 124 valence electrons. The van der Waals surface area contributed by atoms with Crippen molar-refractivity contribution in [1.29, 1.82) is 0 Å². The topological polar surface area (TPSA) is 75.7 Å². The number of esters is 1. The Bertz CT molecular complexity index is 598. The Morgan fingerprint density at radius 2 is 2.09 bits per heavy atom. The van der Waals surface area contributed by atoms with Crippen molar-refractivity contribution in [3.63, 3.8) is 0 Å². The van der Waals surface area contributed by atoms with E-state index in [-0.39, 0.29) is 30.1 Å². The van der Waals surface area contributed by atoms with Gasteiger partial charge >= 0.3 is 5.97 Å². The molecule has 1 atom stereocenters. The van der Waals surface area contributed by atoms with E-state index < -0.39 is 0 Å². The van der Waals surface area contributed by atoms with E-state index in [1.54, 1.807) is 38.2 Å². The Morgan fingerprint density at radius 1 is 1.39 bits per heavy atom. The first-order valence-corrected chi connectivity index (χ1v) is 7.21. The van der Waals surface area contributed by atoms with Crippen molar-refractivity contribution in [2.45, 2.75) is 13.3 Å². The number of carbonyl (C=O) groups is 3. The van der Waals surface area contributed by atoms with Gasteiger partial charge in [-0.3, -0.25) is 14.4 Å². The van der Waals surface area contributed by atoms with Crippen LogP contribution in [0.4, 0.5) is 5.69 Å². The predicted molar refractivity (Wildman–Crippen MR) is 87.8 cm³/mol. The zero-order chi connectivity index (χ0) is 17.4. The fraction of sp³-hybridized carbons (Fsp3) is 0.353. The van der Waals surface area contributed by atoms with Crippen LogP contribution in [-0.4, -0.2) is 43.4 Å². The summed E-state index contributed by atoms with van der Waals surface area (Å²) in [5.74, 6) is -1.16. The summed E-state index contributed by atoms with van der Waals surface area (Å²) in [6.07, 6.45) is 1.36. The number of benzene rings is 1. The predicted octanol–water partition coefficient (Wildman–Crippen LogP) is 1.62. The van der Waals surface area contributed by atoms with Gasteiger partial charge in [0, 0.05) is 19.3 Å². The Labute approximate surface area is 136 Å². The fourth-order valence-corrected chi connectivity index (χ4v) is 2.05. The first kappa shape index (κ1) is 18.4. The molecular formula is C17H22N2O4.